The molecular formula is C18H21N3O3S. The molecule has 3 rings (SSSR count). The fourth-order valence-electron chi connectivity index (χ4n) is 2.86. The monoisotopic (exact) mass is 359 g/mol. The first-order valence-electron chi connectivity index (χ1n) is 8.17. The molecule has 0 unspecified atom stereocenters. The van der Waals surface area contributed by atoms with Crippen molar-refractivity contribution in [1.82, 2.24) is 13.9 Å². The lowest BCUT2D eigenvalue weighted by molar-refractivity contribution is 0.571. The second kappa shape index (κ2) is 6.85. The van der Waals surface area contributed by atoms with E-state index in [0.717, 1.165) is 23.0 Å². The zero-order valence-electron chi connectivity index (χ0n) is 14.3. The first kappa shape index (κ1) is 17.4. The number of fused-ring (bicyclic) bond motifs is 1. The highest BCUT2D eigenvalue weighted by Gasteiger charge is 2.14. The number of benzene rings is 2. The van der Waals surface area contributed by atoms with Gasteiger partial charge in [0.25, 0.3) is 0 Å². The largest absolute Gasteiger partial charge is 0.328 e. The van der Waals surface area contributed by atoms with Gasteiger partial charge in [0, 0.05) is 20.1 Å². The molecule has 0 amide bonds. The van der Waals surface area contributed by atoms with E-state index in [1.165, 1.54) is 0 Å². The summed E-state index contributed by atoms with van der Waals surface area (Å²) in [7, 11) is -1.88. The molecule has 1 heterocycles. The summed E-state index contributed by atoms with van der Waals surface area (Å²) in [5, 5.41) is 0. The summed E-state index contributed by atoms with van der Waals surface area (Å²) < 4.78 is 30.5. The van der Waals surface area contributed by atoms with Gasteiger partial charge in [0.2, 0.25) is 10.0 Å². The van der Waals surface area contributed by atoms with E-state index >= 15 is 0 Å². The molecule has 0 spiro atoms. The van der Waals surface area contributed by atoms with Gasteiger partial charge in [-0.3, -0.25) is 9.13 Å². The van der Waals surface area contributed by atoms with Crippen molar-refractivity contribution in [2.45, 2.75) is 24.8 Å². The molecule has 2 aromatic carbocycles. The molecule has 0 aliphatic heterocycles. The van der Waals surface area contributed by atoms with Crippen LogP contribution in [0.3, 0.4) is 0 Å². The van der Waals surface area contributed by atoms with Crippen LogP contribution in [0.15, 0.2) is 58.2 Å². The van der Waals surface area contributed by atoms with Crippen LogP contribution in [-0.2, 0) is 30.0 Å². The second-order valence-electron chi connectivity index (χ2n) is 5.88. The van der Waals surface area contributed by atoms with Crippen LogP contribution in [0.4, 0.5) is 0 Å². The number of nitrogens with zero attached hydrogens (tertiary/aromatic N) is 2. The van der Waals surface area contributed by atoms with E-state index in [9.17, 15) is 13.2 Å². The third-order valence-corrected chi connectivity index (χ3v) is 5.80. The van der Waals surface area contributed by atoms with Crippen LogP contribution in [0.1, 0.15) is 12.5 Å². The van der Waals surface area contributed by atoms with E-state index in [2.05, 4.69) is 4.72 Å². The molecule has 25 heavy (non-hydrogen) atoms. The minimum Gasteiger partial charge on any atom is -0.295 e. The molecule has 0 saturated carbocycles. The number of aromatic nitrogens is 2. The smallest absolute Gasteiger partial charge is 0.295 e. The summed E-state index contributed by atoms with van der Waals surface area (Å²) in [4.78, 5) is 12.6. The fourth-order valence-corrected chi connectivity index (χ4v) is 3.88. The Hall–Kier alpha value is -2.38. The maximum absolute atomic E-state index is 12.4. The summed E-state index contributed by atoms with van der Waals surface area (Å²) in [5.74, 6) is 0. The molecule has 132 valence electrons. The average molecular weight is 359 g/mol. The van der Waals surface area contributed by atoms with Gasteiger partial charge >= 0.3 is 5.69 Å². The molecule has 0 atom stereocenters. The molecule has 3 aromatic rings. The zero-order chi connectivity index (χ0) is 18.0. The van der Waals surface area contributed by atoms with Crippen molar-refractivity contribution < 1.29 is 8.42 Å². The lowest BCUT2D eigenvalue weighted by atomic mass is 10.2. The van der Waals surface area contributed by atoms with Crippen LogP contribution >= 0.6 is 0 Å². The van der Waals surface area contributed by atoms with Crippen LogP contribution in [0.5, 0.6) is 0 Å². The van der Waals surface area contributed by atoms with Crippen LogP contribution in [0.25, 0.3) is 11.0 Å². The molecule has 0 aliphatic rings. The van der Waals surface area contributed by atoms with E-state index in [0.29, 0.717) is 0 Å². The molecule has 0 bridgehead atoms. The molecule has 1 aromatic heterocycles. The van der Waals surface area contributed by atoms with Crippen molar-refractivity contribution >= 4 is 21.1 Å². The van der Waals surface area contributed by atoms with Crippen molar-refractivity contribution in [1.29, 1.82) is 0 Å². The average Bonchev–Trinajstić information content (AvgIpc) is 2.87. The van der Waals surface area contributed by atoms with Gasteiger partial charge in [0.05, 0.1) is 15.9 Å². The van der Waals surface area contributed by atoms with Gasteiger partial charge in [-0.25, -0.2) is 17.9 Å². The highest BCUT2D eigenvalue weighted by atomic mass is 32.2. The maximum Gasteiger partial charge on any atom is 0.328 e. The molecule has 0 saturated heterocycles. The number of hydrogen-bond donors (Lipinski definition) is 1. The van der Waals surface area contributed by atoms with E-state index in [-0.39, 0.29) is 23.7 Å². The Labute approximate surface area is 146 Å². The van der Waals surface area contributed by atoms with Crippen molar-refractivity contribution in [2.24, 2.45) is 7.05 Å². The molecule has 7 heteroatoms. The predicted molar refractivity (Wildman–Crippen MR) is 98.2 cm³/mol. The maximum atomic E-state index is 12.4. The number of rotatable bonds is 6. The highest BCUT2D eigenvalue weighted by molar-refractivity contribution is 7.89. The van der Waals surface area contributed by atoms with E-state index < -0.39 is 10.0 Å². The normalized spacial score (nSPS) is 11.9. The third-order valence-electron chi connectivity index (χ3n) is 4.32. The summed E-state index contributed by atoms with van der Waals surface area (Å²) >= 11 is 0. The Morgan fingerprint density at radius 3 is 2.28 bits per heavy atom. The van der Waals surface area contributed by atoms with Gasteiger partial charge in [0.1, 0.15) is 0 Å². The Balaban J connectivity index is 1.76. The van der Waals surface area contributed by atoms with Crippen LogP contribution < -0.4 is 10.4 Å². The summed E-state index contributed by atoms with van der Waals surface area (Å²) in [6.45, 7) is 2.43. The van der Waals surface area contributed by atoms with Crippen molar-refractivity contribution in [2.75, 3.05) is 6.54 Å². The van der Waals surface area contributed by atoms with E-state index in [1.807, 2.05) is 43.3 Å². The van der Waals surface area contributed by atoms with E-state index in [4.69, 9.17) is 0 Å². The van der Waals surface area contributed by atoms with Crippen molar-refractivity contribution in [3.05, 3.63) is 64.6 Å². The number of aryl methyl sites for hydroxylation is 2. The lowest BCUT2D eigenvalue weighted by Crippen LogP contribution is -2.31. The van der Waals surface area contributed by atoms with Crippen LogP contribution in [0.2, 0.25) is 0 Å². The SMILES string of the molecule is CCc1ccc(S(=O)(=O)NCCn2c(=O)n(C)c3ccccc32)cc1. The Morgan fingerprint density at radius 1 is 1.00 bits per heavy atom. The fraction of sp³-hybridized carbons (Fsp3) is 0.278. The van der Waals surface area contributed by atoms with Crippen molar-refractivity contribution in [3.8, 4) is 0 Å². The molecule has 0 radical (unpaired) electrons. The third kappa shape index (κ3) is 3.38. The Morgan fingerprint density at radius 2 is 1.64 bits per heavy atom. The van der Waals surface area contributed by atoms with Gasteiger partial charge in [-0.1, -0.05) is 31.2 Å². The van der Waals surface area contributed by atoms with Crippen LogP contribution in [-0.4, -0.2) is 24.1 Å². The highest BCUT2D eigenvalue weighted by Crippen LogP contribution is 2.12. The lowest BCUT2D eigenvalue weighted by Gasteiger charge is -2.08. The van der Waals surface area contributed by atoms with Gasteiger partial charge < -0.3 is 0 Å². The number of imidazole rings is 1. The molecular weight excluding hydrogens is 338 g/mol. The van der Waals surface area contributed by atoms with Crippen molar-refractivity contribution in [3.63, 3.8) is 0 Å². The predicted octanol–water partition coefficient (Wildman–Crippen LogP) is 1.88. The number of sulfonamides is 1. The first-order chi connectivity index (χ1) is 11.9. The molecule has 1 N–H and O–H groups in total. The molecule has 0 aliphatic carbocycles. The second-order valence-corrected chi connectivity index (χ2v) is 7.64. The molecule has 6 nitrogen and oxygen atoms in total. The van der Waals surface area contributed by atoms with Gasteiger partial charge in [-0.2, -0.15) is 0 Å². The number of hydrogen-bond acceptors (Lipinski definition) is 3. The Kier molecular flexibility index (Phi) is 4.78. The minimum absolute atomic E-state index is 0.145. The zero-order valence-corrected chi connectivity index (χ0v) is 15.1. The number of para-hydroxylation sites is 2. The number of nitrogens with one attached hydrogen (secondary N) is 1. The summed E-state index contributed by atoms with van der Waals surface area (Å²) in [6.07, 6.45) is 0.859. The minimum atomic E-state index is -3.59. The Bertz CT molecular complexity index is 1050. The summed E-state index contributed by atoms with van der Waals surface area (Å²) in [5.41, 5.74) is 2.54. The quantitative estimate of drug-likeness (QED) is 0.730. The topological polar surface area (TPSA) is 73.1 Å². The first-order valence-corrected chi connectivity index (χ1v) is 9.65. The summed E-state index contributed by atoms with van der Waals surface area (Å²) in [6, 6.07) is 14.3. The van der Waals surface area contributed by atoms with Gasteiger partial charge in [-0.05, 0) is 36.2 Å². The molecule has 0 fully saturated rings. The van der Waals surface area contributed by atoms with Gasteiger partial charge in [0.15, 0.2) is 0 Å². The van der Waals surface area contributed by atoms with Crippen LogP contribution in [0, 0.1) is 0 Å². The van der Waals surface area contributed by atoms with E-state index in [1.54, 1.807) is 28.3 Å². The van der Waals surface area contributed by atoms with Gasteiger partial charge in [-0.15, -0.1) is 0 Å². The standard InChI is InChI=1S/C18H21N3O3S/c1-3-14-8-10-15(11-9-14)25(23,24)19-12-13-21-17-7-5-4-6-16(17)20(2)18(21)22/h4-11,19H,3,12-13H2,1-2H3.